The Hall–Kier alpha value is -1.35. The molecule has 100 valence electrons. The van der Waals surface area contributed by atoms with E-state index in [2.05, 4.69) is 43.4 Å². The van der Waals surface area contributed by atoms with Crippen molar-refractivity contribution in [1.82, 2.24) is 5.32 Å². The summed E-state index contributed by atoms with van der Waals surface area (Å²) in [6.45, 7) is 6.18. The van der Waals surface area contributed by atoms with E-state index in [9.17, 15) is 4.79 Å². The van der Waals surface area contributed by atoms with Gasteiger partial charge in [-0.3, -0.25) is 10.1 Å². The van der Waals surface area contributed by atoms with Crippen molar-refractivity contribution in [3.8, 4) is 0 Å². The van der Waals surface area contributed by atoms with Crippen molar-refractivity contribution in [1.29, 1.82) is 0 Å². The lowest BCUT2D eigenvalue weighted by atomic mass is 10.0. The van der Waals surface area contributed by atoms with Crippen LogP contribution in [-0.2, 0) is 16.0 Å². The molecule has 0 spiro atoms. The van der Waals surface area contributed by atoms with Gasteiger partial charge in [0.15, 0.2) is 0 Å². The lowest BCUT2D eigenvalue weighted by molar-refractivity contribution is -0.143. The monoisotopic (exact) mass is 249 g/mol. The van der Waals surface area contributed by atoms with E-state index in [1.54, 1.807) is 0 Å². The number of carbonyl (C=O) groups is 1. The van der Waals surface area contributed by atoms with Gasteiger partial charge in [-0.1, -0.05) is 38.1 Å². The number of methoxy groups -OCH3 is 1. The number of carbonyl (C=O) groups excluding carboxylic acids is 1. The van der Waals surface area contributed by atoms with Crippen LogP contribution in [0.3, 0.4) is 0 Å². The number of aryl methyl sites for hydroxylation is 1. The van der Waals surface area contributed by atoms with E-state index in [4.69, 9.17) is 4.74 Å². The Morgan fingerprint density at radius 1 is 1.28 bits per heavy atom. The van der Waals surface area contributed by atoms with Gasteiger partial charge in [-0.25, -0.2) is 0 Å². The molecular formula is C15H23NO2. The molecule has 0 heterocycles. The van der Waals surface area contributed by atoms with Crippen molar-refractivity contribution in [2.45, 2.75) is 45.7 Å². The molecule has 1 aromatic carbocycles. The third-order valence-electron chi connectivity index (χ3n) is 3.23. The average Bonchev–Trinajstić information content (AvgIpc) is 2.43. The van der Waals surface area contributed by atoms with Crippen molar-refractivity contribution >= 4 is 5.97 Å². The summed E-state index contributed by atoms with van der Waals surface area (Å²) in [7, 11) is 1.42. The molecule has 1 N–H and O–H groups in total. The summed E-state index contributed by atoms with van der Waals surface area (Å²) >= 11 is 0. The van der Waals surface area contributed by atoms with Gasteiger partial charge >= 0.3 is 5.97 Å². The Kier molecular flexibility index (Phi) is 5.86. The molecule has 1 aromatic rings. The lowest BCUT2D eigenvalue weighted by Crippen LogP contribution is -2.38. The van der Waals surface area contributed by atoms with Crippen LogP contribution < -0.4 is 5.32 Å². The Bertz CT molecular complexity index is 373. The van der Waals surface area contributed by atoms with Crippen molar-refractivity contribution in [3.63, 3.8) is 0 Å². The first kappa shape index (κ1) is 14.7. The Morgan fingerprint density at radius 3 is 2.33 bits per heavy atom. The first-order valence-electron chi connectivity index (χ1n) is 6.55. The summed E-state index contributed by atoms with van der Waals surface area (Å²) in [6, 6.07) is 8.39. The Balaban J connectivity index is 2.68. The summed E-state index contributed by atoms with van der Waals surface area (Å²) in [6.07, 6.45) is 1.77. The van der Waals surface area contributed by atoms with Crippen LogP contribution in [0.2, 0.25) is 0 Å². The second-order valence-electron chi connectivity index (χ2n) is 4.47. The standard InChI is InChI=1S/C15H23NO2/c1-5-12-7-9-13(10-8-12)11(3)16-14(6-2)15(17)18-4/h7-11,14,16H,5-6H2,1-4H3. The van der Waals surface area contributed by atoms with E-state index in [1.807, 2.05) is 6.92 Å². The molecule has 0 radical (unpaired) electrons. The fourth-order valence-corrected chi connectivity index (χ4v) is 1.93. The van der Waals surface area contributed by atoms with Gasteiger partial charge in [-0.15, -0.1) is 0 Å². The minimum Gasteiger partial charge on any atom is -0.468 e. The molecule has 0 fully saturated rings. The number of esters is 1. The molecule has 0 aliphatic carbocycles. The van der Waals surface area contributed by atoms with Crippen LogP contribution in [-0.4, -0.2) is 19.1 Å². The quantitative estimate of drug-likeness (QED) is 0.788. The van der Waals surface area contributed by atoms with Crippen molar-refractivity contribution in [2.24, 2.45) is 0 Å². The number of hydrogen-bond acceptors (Lipinski definition) is 3. The lowest BCUT2D eigenvalue weighted by Gasteiger charge is -2.20. The zero-order valence-corrected chi connectivity index (χ0v) is 11.7. The Labute approximate surface area is 110 Å². The molecule has 2 atom stereocenters. The highest BCUT2D eigenvalue weighted by atomic mass is 16.5. The van der Waals surface area contributed by atoms with E-state index in [0.29, 0.717) is 0 Å². The van der Waals surface area contributed by atoms with Crippen molar-refractivity contribution < 1.29 is 9.53 Å². The number of ether oxygens (including phenoxy) is 1. The van der Waals surface area contributed by atoms with Crippen LogP contribution in [0.25, 0.3) is 0 Å². The second kappa shape index (κ2) is 7.17. The maximum absolute atomic E-state index is 11.5. The summed E-state index contributed by atoms with van der Waals surface area (Å²) in [5.41, 5.74) is 2.51. The predicted octanol–water partition coefficient (Wildman–Crippen LogP) is 2.85. The summed E-state index contributed by atoms with van der Waals surface area (Å²) in [5, 5.41) is 3.30. The van der Waals surface area contributed by atoms with E-state index >= 15 is 0 Å². The molecule has 3 heteroatoms. The molecule has 0 aliphatic rings. The summed E-state index contributed by atoms with van der Waals surface area (Å²) in [5.74, 6) is -0.200. The molecule has 18 heavy (non-hydrogen) atoms. The minimum atomic E-state index is -0.240. The molecule has 0 amide bonds. The van der Waals surface area contributed by atoms with Crippen LogP contribution in [0, 0.1) is 0 Å². The van der Waals surface area contributed by atoms with E-state index in [-0.39, 0.29) is 18.1 Å². The fourth-order valence-electron chi connectivity index (χ4n) is 1.93. The molecule has 0 bridgehead atoms. The highest BCUT2D eigenvalue weighted by Gasteiger charge is 2.19. The Morgan fingerprint density at radius 2 is 1.89 bits per heavy atom. The van der Waals surface area contributed by atoms with E-state index < -0.39 is 0 Å². The highest BCUT2D eigenvalue weighted by molar-refractivity contribution is 5.75. The molecule has 0 saturated heterocycles. The van der Waals surface area contributed by atoms with Gasteiger partial charge in [0.2, 0.25) is 0 Å². The molecule has 0 aromatic heterocycles. The second-order valence-corrected chi connectivity index (χ2v) is 4.47. The molecule has 0 saturated carbocycles. The van der Waals surface area contributed by atoms with Gasteiger partial charge in [-0.05, 0) is 30.9 Å². The molecule has 3 nitrogen and oxygen atoms in total. The largest absolute Gasteiger partial charge is 0.468 e. The summed E-state index contributed by atoms with van der Waals surface area (Å²) in [4.78, 5) is 11.5. The predicted molar refractivity (Wildman–Crippen MR) is 73.5 cm³/mol. The minimum absolute atomic E-state index is 0.139. The average molecular weight is 249 g/mol. The SMILES string of the molecule is CCc1ccc(C(C)NC(CC)C(=O)OC)cc1. The first-order valence-corrected chi connectivity index (χ1v) is 6.55. The van der Waals surface area contributed by atoms with Crippen molar-refractivity contribution in [3.05, 3.63) is 35.4 Å². The van der Waals surface area contributed by atoms with Gasteiger partial charge in [0.25, 0.3) is 0 Å². The van der Waals surface area contributed by atoms with E-state index in [0.717, 1.165) is 12.8 Å². The first-order chi connectivity index (χ1) is 8.62. The normalized spacial score (nSPS) is 14.0. The van der Waals surface area contributed by atoms with Gasteiger partial charge in [0, 0.05) is 6.04 Å². The highest BCUT2D eigenvalue weighted by Crippen LogP contribution is 2.15. The zero-order chi connectivity index (χ0) is 13.5. The number of benzene rings is 1. The fraction of sp³-hybridized carbons (Fsp3) is 0.533. The zero-order valence-electron chi connectivity index (χ0n) is 11.7. The third kappa shape index (κ3) is 3.84. The number of hydrogen-bond donors (Lipinski definition) is 1. The van der Waals surface area contributed by atoms with Gasteiger partial charge in [0.1, 0.15) is 6.04 Å². The maximum atomic E-state index is 11.5. The third-order valence-corrected chi connectivity index (χ3v) is 3.23. The number of rotatable bonds is 6. The molecule has 2 unspecified atom stereocenters. The van der Waals surface area contributed by atoms with Crippen LogP contribution in [0.15, 0.2) is 24.3 Å². The molecule has 0 aliphatic heterocycles. The maximum Gasteiger partial charge on any atom is 0.322 e. The van der Waals surface area contributed by atoms with Gasteiger partial charge < -0.3 is 4.74 Å². The molecular weight excluding hydrogens is 226 g/mol. The smallest absolute Gasteiger partial charge is 0.322 e. The van der Waals surface area contributed by atoms with Gasteiger partial charge in [-0.2, -0.15) is 0 Å². The number of nitrogens with one attached hydrogen (secondary N) is 1. The van der Waals surface area contributed by atoms with Crippen molar-refractivity contribution in [2.75, 3.05) is 7.11 Å². The van der Waals surface area contributed by atoms with Gasteiger partial charge in [0.05, 0.1) is 7.11 Å². The topological polar surface area (TPSA) is 38.3 Å². The summed E-state index contributed by atoms with van der Waals surface area (Å²) < 4.78 is 4.78. The van der Waals surface area contributed by atoms with Crippen LogP contribution in [0.4, 0.5) is 0 Å². The van der Waals surface area contributed by atoms with Crippen LogP contribution >= 0.6 is 0 Å². The van der Waals surface area contributed by atoms with Crippen LogP contribution in [0.1, 0.15) is 44.4 Å². The van der Waals surface area contributed by atoms with Crippen LogP contribution in [0.5, 0.6) is 0 Å². The van der Waals surface area contributed by atoms with E-state index in [1.165, 1.54) is 18.2 Å². The molecule has 1 rings (SSSR count).